The molecule has 0 aromatic rings. The predicted octanol–water partition coefficient (Wildman–Crippen LogP) is 0.827. The third-order valence-corrected chi connectivity index (χ3v) is 4.26. The summed E-state index contributed by atoms with van der Waals surface area (Å²) in [5, 5.41) is 8.66. The minimum atomic E-state index is -0.148. The zero-order valence-corrected chi connectivity index (χ0v) is 13.2. The molecule has 0 radical (unpaired) electrons. The van der Waals surface area contributed by atoms with E-state index in [-0.39, 0.29) is 24.0 Å². The number of nitrogens with zero attached hydrogens (tertiary/aromatic N) is 1. The largest absolute Gasteiger partial charge is 0.354 e. The van der Waals surface area contributed by atoms with Gasteiger partial charge in [-0.15, -0.1) is 0 Å². The number of fused-ring (bicyclic) bond motifs is 1. The topological polar surface area (TPSA) is 73.5 Å². The lowest BCUT2D eigenvalue weighted by Crippen LogP contribution is -2.50. The van der Waals surface area contributed by atoms with Crippen molar-refractivity contribution in [3.05, 3.63) is 0 Å². The maximum atomic E-state index is 11.9. The van der Waals surface area contributed by atoms with Crippen LogP contribution in [0.3, 0.4) is 0 Å². The summed E-state index contributed by atoms with van der Waals surface area (Å²) >= 11 is 0. The van der Waals surface area contributed by atoms with E-state index >= 15 is 0 Å². The van der Waals surface area contributed by atoms with Crippen LogP contribution < -0.4 is 16.0 Å². The molecule has 120 valence electrons. The smallest absolute Gasteiger partial charge is 0.315 e. The number of piperidine rings is 1. The Hall–Kier alpha value is -1.30. The number of urea groups is 1. The fraction of sp³-hybridized carbons (Fsp3) is 0.867. The van der Waals surface area contributed by atoms with Crippen LogP contribution in [0.1, 0.15) is 46.0 Å². The first-order valence-corrected chi connectivity index (χ1v) is 8.14. The molecule has 0 saturated carbocycles. The van der Waals surface area contributed by atoms with Gasteiger partial charge in [-0.05, 0) is 39.7 Å². The molecule has 21 heavy (non-hydrogen) atoms. The van der Waals surface area contributed by atoms with Gasteiger partial charge in [0, 0.05) is 37.6 Å². The van der Waals surface area contributed by atoms with Crippen LogP contribution in [0, 0.1) is 0 Å². The molecule has 0 aromatic carbocycles. The van der Waals surface area contributed by atoms with Gasteiger partial charge in [0.05, 0.1) is 0 Å². The molecule has 6 nitrogen and oxygen atoms in total. The Bertz CT molecular complexity index is 373. The summed E-state index contributed by atoms with van der Waals surface area (Å²) in [6.45, 7) is 6.49. The Labute approximate surface area is 127 Å². The van der Waals surface area contributed by atoms with E-state index in [2.05, 4.69) is 20.9 Å². The number of carbonyl (C=O) groups excluding carboxylic acids is 2. The second kappa shape index (κ2) is 7.64. The van der Waals surface area contributed by atoms with E-state index < -0.39 is 0 Å². The molecule has 3 amide bonds. The van der Waals surface area contributed by atoms with E-state index in [4.69, 9.17) is 0 Å². The van der Waals surface area contributed by atoms with E-state index in [0.717, 1.165) is 13.0 Å². The van der Waals surface area contributed by atoms with E-state index in [9.17, 15) is 9.59 Å². The quantitative estimate of drug-likeness (QED) is 0.703. The lowest BCUT2D eigenvalue weighted by Gasteiger charge is -2.32. The van der Waals surface area contributed by atoms with Gasteiger partial charge in [0.2, 0.25) is 5.91 Å². The average Bonchev–Trinajstić information content (AvgIpc) is 2.81. The summed E-state index contributed by atoms with van der Waals surface area (Å²) in [5.74, 6) is -0.0235. The molecule has 2 fully saturated rings. The SMILES string of the molecule is CC(C)NC(=O)CCNC(=O)NC1CCN2CCCCC12. The fourth-order valence-electron chi connectivity index (χ4n) is 3.32. The van der Waals surface area contributed by atoms with E-state index in [1.807, 2.05) is 13.8 Å². The molecule has 2 unspecified atom stereocenters. The first-order valence-electron chi connectivity index (χ1n) is 8.14. The molecule has 2 heterocycles. The minimum Gasteiger partial charge on any atom is -0.354 e. The Morgan fingerprint density at radius 3 is 2.76 bits per heavy atom. The van der Waals surface area contributed by atoms with Gasteiger partial charge in [-0.3, -0.25) is 9.69 Å². The summed E-state index contributed by atoms with van der Waals surface area (Å²) in [4.78, 5) is 25.9. The van der Waals surface area contributed by atoms with Crippen molar-refractivity contribution in [1.29, 1.82) is 0 Å². The van der Waals surface area contributed by atoms with Gasteiger partial charge in [-0.2, -0.15) is 0 Å². The van der Waals surface area contributed by atoms with Gasteiger partial charge in [-0.1, -0.05) is 6.42 Å². The molecular weight excluding hydrogens is 268 g/mol. The highest BCUT2D eigenvalue weighted by atomic mass is 16.2. The van der Waals surface area contributed by atoms with Gasteiger partial charge >= 0.3 is 6.03 Å². The van der Waals surface area contributed by atoms with Crippen molar-refractivity contribution < 1.29 is 9.59 Å². The lowest BCUT2D eigenvalue weighted by atomic mass is 9.99. The number of hydrogen-bond donors (Lipinski definition) is 3. The molecule has 2 saturated heterocycles. The van der Waals surface area contributed by atoms with Crippen LogP contribution in [0.25, 0.3) is 0 Å². The van der Waals surface area contributed by atoms with E-state index in [0.29, 0.717) is 19.0 Å². The third kappa shape index (κ3) is 4.88. The standard InChI is InChI=1S/C15H28N4O2/c1-11(2)17-14(20)6-8-16-15(21)18-12-7-10-19-9-4-3-5-13(12)19/h11-13H,3-10H2,1-2H3,(H,17,20)(H2,16,18,21). The summed E-state index contributed by atoms with van der Waals surface area (Å²) in [6.07, 6.45) is 5.08. The molecule has 2 aliphatic rings. The molecule has 0 aromatic heterocycles. The van der Waals surface area contributed by atoms with Crippen LogP contribution in [-0.4, -0.2) is 54.6 Å². The summed E-state index contributed by atoms with van der Waals surface area (Å²) in [6, 6.07) is 0.760. The number of carbonyl (C=O) groups is 2. The molecule has 3 N–H and O–H groups in total. The van der Waals surface area contributed by atoms with Gasteiger partial charge in [-0.25, -0.2) is 4.79 Å². The van der Waals surface area contributed by atoms with E-state index in [1.165, 1.54) is 25.8 Å². The Morgan fingerprint density at radius 2 is 2.00 bits per heavy atom. The highest BCUT2D eigenvalue weighted by Gasteiger charge is 2.36. The average molecular weight is 296 g/mol. The molecule has 0 bridgehead atoms. The Balaban J connectivity index is 1.64. The van der Waals surface area contributed by atoms with Crippen LogP contribution in [0.4, 0.5) is 4.79 Å². The zero-order chi connectivity index (χ0) is 15.2. The van der Waals surface area contributed by atoms with Crippen molar-refractivity contribution in [2.24, 2.45) is 0 Å². The highest BCUT2D eigenvalue weighted by Crippen LogP contribution is 2.26. The van der Waals surface area contributed by atoms with Gasteiger partial charge in [0.1, 0.15) is 0 Å². The predicted molar refractivity (Wildman–Crippen MR) is 82.0 cm³/mol. The number of hydrogen-bond acceptors (Lipinski definition) is 3. The summed E-state index contributed by atoms with van der Waals surface area (Å²) < 4.78 is 0. The van der Waals surface area contributed by atoms with Gasteiger partial charge in [0.25, 0.3) is 0 Å². The Kier molecular flexibility index (Phi) is 5.85. The minimum absolute atomic E-state index is 0.0235. The second-order valence-electron chi connectivity index (χ2n) is 6.37. The third-order valence-electron chi connectivity index (χ3n) is 4.26. The maximum Gasteiger partial charge on any atom is 0.315 e. The van der Waals surface area contributed by atoms with Crippen molar-refractivity contribution in [3.63, 3.8) is 0 Å². The molecule has 2 aliphatic heterocycles. The van der Waals surface area contributed by atoms with Crippen molar-refractivity contribution >= 4 is 11.9 Å². The number of amides is 3. The number of rotatable bonds is 5. The van der Waals surface area contributed by atoms with Crippen molar-refractivity contribution in [2.45, 2.75) is 64.1 Å². The van der Waals surface area contributed by atoms with Crippen LogP contribution in [0.15, 0.2) is 0 Å². The monoisotopic (exact) mass is 296 g/mol. The first kappa shape index (κ1) is 16.1. The highest BCUT2D eigenvalue weighted by molar-refractivity contribution is 5.78. The van der Waals surface area contributed by atoms with Crippen LogP contribution in [-0.2, 0) is 4.79 Å². The maximum absolute atomic E-state index is 11.9. The van der Waals surface area contributed by atoms with Gasteiger partial charge in [0.15, 0.2) is 0 Å². The Morgan fingerprint density at radius 1 is 1.19 bits per heavy atom. The van der Waals surface area contributed by atoms with Crippen molar-refractivity contribution in [1.82, 2.24) is 20.9 Å². The summed E-state index contributed by atoms with van der Waals surface area (Å²) in [5.41, 5.74) is 0. The van der Waals surface area contributed by atoms with Crippen LogP contribution >= 0.6 is 0 Å². The molecular formula is C15H28N4O2. The summed E-state index contributed by atoms with van der Waals surface area (Å²) in [7, 11) is 0. The van der Waals surface area contributed by atoms with Crippen LogP contribution in [0.2, 0.25) is 0 Å². The molecule has 0 spiro atoms. The molecule has 2 atom stereocenters. The van der Waals surface area contributed by atoms with Crippen molar-refractivity contribution in [2.75, 3.05) is 19.6 Å². The van der Waals surface area contributed by atoms with Gasteiger partial charge < -0.3 is 16.0 Å². The van der Waals surface area contributed by atoms with E-state index in [1.54, 1.807) is 0 Å². The normalized spacial score (nSPS) is 25.5. The molecule has 2 rings (SSSR count). The first-order chi connectivity index (χ1) is 10.1. The second-order valence-corrected chi connectivity index (χ2v) is 6.37. The number of nitrogens with one attached hydrogen (secondary N) is 3. The zero-order valence-electron chi connectivity index (χ0n) is 13.2. The molecule has 6 heteroatoms. The van der Waals surface area contributed by atoms with Crippen molar-refractivity contribution in [3.8, 4) is 0 Å². The van der Waals surface area contributed by atoms with Crippen LogP contribution in [0.5, 0.6) is 0 Å². The molecule has 0 aliphatic carbocycles. The fourth-order valence-corrected chi connectivity index (χ4v) is 3.32. The lowest BCUT2D eigenvalue weighted by molar-refractivity contribution is -0.121.